The van der Waals surface area contributed by atoms with E-state index in [9.17, 15) is 4.79 Å². The number of methoxy groups -OCH3 is 2. The van der Waals surface area contributed by atoms with Gasteiger partial charge >= 0.3 is 5.97 Å². The van der Waals surface area contributed by atoms with Crippen LogP contribution >= 0.6 is 0 Å². The average Bonchev–Trinajstić information content (AvgIpc) is 3.20. The molecule has 0 saturated carbocycles. The molecule has 3 rings (SSSR count). The van der Waals surface area contributed by atoms with Crippen molar-refractivity contribution in [3.05, 3.63) is 47.4 Å². The van der Waals surface area contributed by atoms with Crippen LogP contribution in [-0.4, -0.2) is 43.4 Å². The van der Waals surface area contributed by atoms with Crippen molar-refractivity contribution >= 4 is 5.97 Å². The lowest BCUT2D eigenvalue weighted by Crippen LogP contribution is -2.07. The Morgan fingerprint density at radius 1 is 1.20 bits per heavy atom. The molecule has 0 amide bonds. The lowest BCUT2D eigenvalue weighted by Gasteiger charge is -2.16. The molecule has 8 heteroatoms. The number of ether oxygens (including phenoxy) is 5. The van der Waals surface area contributed by atoms with Gasteiger partial charge in [-0.05, 0) is 6.07 Å². The third-order valence-electron chi connectivity index (χ3n) is 3.57. The molecule has 0 aromatic carbocycles. The van der Waals surface area contributed by atoms with Gasteiger partial charge in [0.05, 0.1) is 44.8 Å². The summed E-state index contributed by atoms with van der Waals surface area (Å²) in [4.78, 5) is 19.8. The molecule has 0 bridgehead atoms. The highest BCUT2D eigenvalue weighted by Gasteiger charge is 2.23. The second-order valence-electron chi connectivity index (χ2n) is 5.20. The number of carbonyl (C=O) groups is 1. The highest BCUT2D eigenvalue weighted by atomic mass is 16.7. The molecule has 0 atom stereocenters. The zero-order valence-corrected chi connectivity index (χ0v) is 13.9. The zero-order valence-electron chi connectivity index (χ0n) is 13.9. The molecule has 1 aliphatic rings. The van der Waals surface area contributed by atoms with Crippen LogP contribution in [0.15, 0.2) is 30.7 Å². The summed E-state index contributed by atoms with van der Waals surface area (Å²) >= 11 is 0. The van der Waals surface area contributed by atoms with Crippen LogP contribution < -0.4 is 9.47 Å². The topological polar surface area (TPSA) is 89.0 Å². The molecule has 1 aliphatic heterocycles. The molecule has 0 spiro atoms. The van der Waals surface area contributed by atoms with E-state index in [0.717, 1.165) is 5.56 Å². The first-order valence-electron chi connectivity index (χ1n) is 7.63. The van der Waals surface area contributed by atoms with E-state index in [0.29, 0.717) is 36.0 Å². The first kappa shape index (κ1) is 17.1. The number of esters is 1. The molecule has 25 heavy (non-hydrogen) atoms. The maximum atomic E-state index is 11.6. The summed E-state index contributed by atoms with van der Waals surface area (Å²) in [5.41, 5.74) is 1.78. The van der Waals surface area contributed by atoms with Gasteiger partial charge in [0.2, 0.25) is 5.88 Å². The maximum Gasteiger partial charge on any atom is 0.339 e. The first-order chi connectivity index (χ1) is 12.2. The highest BCUT2D eigenvalue weighted by molar-refractivity contribution is 5.89. The average molecular weight is 346 g/mol. The van der Waals surface area contributed by atoms with Crippen molar-refractivity contribution < 1.29 is 28.5 Å². The van der Waals surface area contributed by atoms with Crippen molar-refractivity contribution in [2.45, 2.75) is 12.9 Å². The molecule has 2 aromatic heterocycles. The molecule has 1 saturated heterocycles. The lowest BCUT2D eigenvalue weighted by atomic mass is 10.2. The number of hydrogen-bond acceptors (Lipinski definition) is 8. The predicted molar refractivity (Wildman–Crippen MR) is 85.3 cm³/mol. The van der Waals surface area contributed by atoms with Crippen LogP contribution in [-0.2, 0) is 20.8 Å². The molecule has 132 valence electrons. The van der Waals surface area contributed by atoms with Crippen LogP contribution in [0.5, 0.6) is 11.6 Å². The van der Waals surface area contributed by atoms with Crippen LogP contribution in [0.2, 0.25) is 0 Å². The van der Waals surface area contributed by atoms with Gasteiger partial charge in [0.1, 0.15) is 12.4 Å². The van der Waals surface area contributed by atoms with Crippen LogP contribution in [0.1, 0.15) is 27.8 Å². The Hall–Kier alpha value is -2.71. The molecule has 2 aromatic rings. The standard InChI is InChI=1S/C17H18N2O6/c1-21-15-6-13(17-23-3-4-24-17)14(9-19-15)25-10-11-5-12(8-18-7-11)16(20)22-2/h5-9,17H,3-4,10H2,1-2H3. The quantitative estimate of drug-likeness (QED) is 0.733. The summed E-state index contributed by atoms with van der Waals surface area (Å²) in [6.45, 7) is 1.23. The normalized spacial score (nSPS) is 14.3. The molecule has 0 unspecified atom stereocenters. The van der Waals surface area contributed by atoms with E-state index < -0.39 is 12.3 Å². The van der Waals surface area contributed by atoms with Gasteiger partial charge in [0.25, 0.3) is 0 Å². The third-order valence-corrected chi connectivity index (χ3v) is 3.57. The maximum absolute atomic E-state index is 11.6. The minimum atomic E-state index is -0.522. The molecule has 0 radical (unpaired) electrons. The number of rotatable bonds is 6. The van der Waals surface area contributed by atoms with E-state index in [1.807, 2.05) is 0 Å². The first-order valence-corrected chi connectivity index (χ1v) is 7.63. The van der Waals surface area contributed by atoms with Crippen molar-refractivity contribution in [1.29, 1.82) is 0 Å². The van der Waals surface area contributed by atoms with Crippen molar-refractivity contribution in [2.75, 3.05) is 27.4 Å². The Bertz CT molecular complexity index is 746. The fourth-order valence-corrected chi connectivity index (χ4v) is 2.35. The van der Waals surface area contributed by atoms with Crippen molar-refractivity contribution in [3.8, 4) is 11.6 Å². The van der Waals surface area contributed by atoms with Gasteiger partial charge in [-0.25, -0.2) is 9.78 Å². The van der Waals surface area contributed by atoms with Crippen LogP contribution in [0, 0.1) is 0 Å². The highest BCUT2D eigenvalue weighted by Crippen LogP contribution is 2.33. The van der Waals surface area contributed by atoms with Crippen LogP contribution in [0.25, 0.3) is 0 Å². The van der Waals surface area contributed by atoms with E-state index in [2.05, 4.69) is 14.7 Å². The molecular formula is C17H18N2O6. The van der Waals surface area contributed by atoms with E-state index in [1.54, 1.807) is 24.5 Å². The number of pyridine rings is 2. The van der Waals surface area contributed by atoms with Gasteiger partial charge in [0.15, 0.2) is 6.29 Å². The monoisotopic (exact) mass is 346 g/mol. The summed E-state index contributed by atoms with van der Waals surface area (Å²) in [7, 11) is 2.86. The van der Waals surface area contributed by atoms with Gasteiger partial charge in [-0.15, -0.1) is 0 Å². The number of carbonyl (C=O) groups excluding carboxylic acids is 1. The van der Waals surface area contributed by atoms with Crippen molar-refractivity contribution in [1.82, 2.24) is 9.97 Å². The molecule has 8 nitrogen and oxygen atoms in total. The zero-order chi connectivity index (χ0) is 17.6. The van der Waals surface area contributed by atoms with Gasteiger partial charge in [-0.1, -0.05) is 0 Å². The van der Waals surface area contributed by atoms with E-state index in [1.165, 1.54) is 20.4 Å². The number of aromatic nitrogens is 2. The van der Waals surface area contributed by atoms with Crippen molar-refractivity contribution in [3.63, 3.8) is 0 Å². The summed E-state index contributed by atoms with van der Waals surface area (Å²) in [5, 5.41) is 0. The molecular weight excluding hydrogens is 328 g/mol. The second-order valence-corrected chi connectivity index (χ2v) is 5.20. The summed E-state index contributed by atoms with van der Waals surface area (Å²) < 4.78 is 26.7. The second kappa shape index (κ2) is 7.91. The summed E-state index contributed by atoms with van der Waals surface area (Å²) in [5.74, 6) is 0.501. The summed E-state index contributed by atoms with van der Waals surface area (Å²) in [6.07, 6.45) is 4.09. The predicted octanol–water partition coefficient (Wildman–Crippen LogP) is 1.90. The Kier molecular flexibility index (Phi) is 5.42. The Morgan fingerprint density at radius 3 is 2.72 bits per heavy atom. The van der Waals surface area contributed by atoms with E-state index in [-0.39, 0.29) is 6.61 Å². The minimum Gasteiger partial charge on any atom is -0.487 e. The number of hydrogen-bond donors (Lipinski definition) is 0. The van der Waals surface area contributed by atoms with Gasteiger partial charge in [-0.2, -0.15) is 0 Å². The lowest BCUT2D eigenvalue weighted by molar-refractivity contribution is -0.0461. The molecule has 3 heterocycles. The van der Waals surface area contributed by atoms with Crippen LogP contribution in [0.3, 0.4) is 0 Å². The number of nitrogens with zero attached hydrogens (tertiary/aromatic N) is 2. The molecule has 0 N–H and O–H groups in total. The smallest absolute Gasteiger partial charge is 0.339 e. The third kappa shape index (κ3) is 4.04. The SMILES string of the molecule is COC(=O)c1cncc(COc2cnc(OC)cc2C2OCCO2)c1. The molecule has 1 fully saturated rings. The van der Waals surface area contributed by atoms with E-state index >= 15 is 0 Å². The minimum absolute atomic E-state index is 0.200. The van der Waals surface area contributed by atoms with Crippen LogP contribution in [0.4, 0.5) is 0 Å². The van der Waals surface area contributed by atoms with E-state index in [4.69, 9.17) is 18.9 Å². The Labute approximate surface area is 144 Å². The van der Waals surface area contributed by atoms with Gasteiger partial charge < -0.3 is 23.7 Å². The van der Waals surface area contributed by atoms with Gasteiger partial charge in [-0.3, -0.25) is 4.98 Å². The van der Waals surface area contributed by atoms with Crippen molar-refractivity contribution in [2.24, 2.45) is 0 Å². The molecule has 0 aliphatic carbocycles. The fraction of sp³-hybridized carbons (Fsp3) is 0.353. The van der Waals surface area contributed by atoms with Gasteiger partial charge in [0, 0.05) is 24.0 Å². The fourth-order valence-electron chi connectivity index (χ4n) is 2.35. The largest absolute Gasteiger partial charge is 0.487 e. The Morgan fingerprint density at radius 2 is 2.00 bits per heavy atom. The summed E-state index contributed by atoms with van der Waals surface area (Å²) in [6, 6.07) is 3.38. The Balaban J connectivity index is 1.77.